The second kappa shape index (κ2) is 5.21. The number of benzene rings is 2. The Labute approximate surface area is 116 Å². The van der Waals surface area contributed by atoms with Crippen molar-refractivity contribution in [2.75, 3.05) is 0 Å². The van der Waals surface area contributed by atoms with E-state index in [1.807, 2.05) is 54.6 Å². The third-order valence-electron chi connectivity index (χ3n) is 3.04. The molecule has 0 amide bonds. The van der Waals surface area contributed by atoms with Crippen molar-refractivity contribution < 1.29 is 4.79 Å². The van der Waals surface area contributed by atoms with Gasteiger partial charge in [0.1, 0.15) is 0 Å². The van der Waals surface area contributed by atoms with Crippen molar-refractivity contribution in [2.45, 2.75) is 0 Å². The molecule has 0 N–H and O–H groups in total. The molecule has 3 aromatic rings. The van der Waals surface area contributed by atoms with E-state index < -0.39 is 0 Å². The van der Waals surface area contributed by atoms with E-state index in [9.17, 15) is 4.79 Å². The summed E-state index contributed by atoms with van der Waals surface area (Å²) in [6.45, 7) is 0. The second-order valence-corrected chi connectivity index (χ2v) is 5.06. The number of carbonyl (C=O) groups excluding carboxylic acids is 1. The predicted octanol–water partition coefficient (Wildman–Crippen LogP) is 4.65. The van der Waals surface area contributed by atoms with Crippen LogP contribution in [-0.4, -0.2) is 5.78 Å². The highest BCUT2D eigenvalue weighted by atomic mass is 32.1. The van der Waals surface area contributed by atoms with Crippen molar-refractivity contribution >= 4 is 17.1 Å². The van der Waals surface area contributed by atoms with Crippen molar-refractivity contribution in [2.24, 2.45) is 0 Å². The first-order valence-electron chi connectivity index (χ1n) is 6.07. The lowest BCUT2D eigenvalue weighted by atomic mass is 10.0. The van der Waals surface area contributed by atoms with Crippen LogP contribution in [0.25, 0.3) is 11.1 Å². The van der Waals surface area contributed by atoms with Crippen molar-refractivity contribution in [3.8, 4) is 11.1 Å². The van der Waals surface area contributed by atoms with E-state index in [0.29, 0.717) is 0 Å². The highest BCUT2D eigenvalue weighted by Gasteiger charge is 2.08. The van der Waals surface area contributed by atoms with Crippen LogP contribution in [0.4, 0.5) is 0 Å². The lowest BCUT2D eigenvalue weighted by Gasteiger charge is -2.03. The monoisotopic (exact) mass is 264 g/mol. The third-order valence-corrected chi connectivity index (χ3v) is 3.72. The van der Waals surface area contributed by atoms with Crippen molar-refractivity contribution in [1.82, 2.24) is 0 Å². The molecule has 0 spiro atoms. The molecule has 0 saturated carbocycles. The molecule has 0 unspecified atom stereocenters. The van der Waals surface area contributed by atoms with E-state index in [-0.39, 0.29) is 5.78 Å². The normalized spacial score (nSPS) is 10.3. The number of thiophene rings is 1. The minimum Gasteiger partial charge on any atom is -0.289 e. The number of hydrogen-bond donors (Lipinski definition) is 0. The maximum absolute atomic E-state index is 12.2. The average Bonchev–Trinajstić information content (AvgIpc) is 3.02. The Morgan fingerprint density at radius 1 is 0.737 bits per heavy atom. The summed E-state index contributed by atoms with van der Waals surface area (Å²) in [5.74, 6) is 0.0671. The van der Waals surface area contributed by atoms with Gasteiger partial charge in [-0.15, -0.1) is 0 Å². The van der Waals surface area contributed by atoms with E-state index in [2.05, 4.69) is 16.8 Å². The molecule has 2 heteroatoms. The molecule has 0 saturated heterocycles. The Hall–Kier alpha value is -2.19. The molecule has 0 atom stereocenters. The Morgan fingerprint density at radius 3 is 2.05 bits per heavy atom. The Kier molecular flexibility index (Phi) is 3.25. The van der Waals surface area contributed by atoms with Crippen molar-refractivity contribution in [1.29, 1.82) is 0 Å². The van der Waals surface area contributed by atoms with Crippen LogP contribution in [0.1, 0.15) is 15.9 Å². The summed E-state index contributed by atoms with van der Waals surface area (Å²) in [4.78, 5) is 12.2. The van der Waals surface area contributed by atoms with Gasteiger partial charge < -0.3 is 0 Å². The molecule has 1 nitrogen and oxygen atoms in total. The van der Waals surface area contributed by atoms with E-state index in [1.54, 1.807) is 11.3 Å². The third kappa shape index (κ3) is 2.49. The largest absolute Gasteiger partial charge is 0.289 e. The van der Waals surface area contributed by atoms with E-state index in [4.69, 9.17) is 0 Å². The Morgan fingerprint density at radius 2 is 1.42 bits per heavy atom. The Bertz CT molecular complexity index is 667. The SMILES string of the molecule is O=C(c1ccccc1)c1ccc(-c2ccsc2)cc1. The quantitative estimate of drug-likeness (QED) is 0.629. The molecule has 92 valence electrons. The molecule has 0 aliphatic carbocycles. The zero-order chi connectivity index (χ0) is 13.1. The fraction of sp³-hybridized carbons (Fsp3) is 0. The highest BCUT2D eigenvalue weighted by Crippen LogP contribution is 2.23. The van der Waals surface area contributed by atoms with Gasteiger partial charge in [0.2, 0.25) is 0 Å². The summed E-state index contributed by atoms with van der Waals surface area (Å²) in [7, 11) is 0. The minimum absolute atomic E-state index is 0.0671. The zero-order valence-electron chi connectivity index (χ0n) is 10.2. The van der Waals surface area contributed by atoms with Gasteiger partial charge in [0.05, 0.1) is 0 Å². The average molecular weight is 264 g/mol. The van der Waals surface area contributed by atoms with Crippen LogP contribution in [0, 0.1) is 0 Å². The molecular weight excluding hydrogens is 252 g/mol. The second-order valence-electron chi connectivity index (χ2n) is 4.28. The fourth-order valence-corrected chi connectivity index (χ4v) is 2.66. The number of ketones is 1. The van der Waals surface area contributed by atoms with Gasteiger partial charge in [-0.1, -0.05) is 54.6 Å². The summed E-state index contributed by atoms with van der Waals surface area (Å²) in [6.07, 6.45) is 0. The first-order chi connectivity index (χ1) is 9.34. The van der Waals surface area contributed by atoms with Crippen LogP contribution >= 0.6 is 11.3 Å². The van der Waals surface area contributed by atoms with Crippen molar-refractivity contribution in [3.63, 3.8) is 0 Å². The van der Waals surface area contributed by atoms with Gasteiger partial charge >= 0.3 is 0 Å². The van der Waals surface area contributed by atoms with Crippen LogP contribution in [0.15, 0.2) is 71.4 Å². The molecule has 1 aromatic heterocycles. The molecule has 0 aliphatic heterocycles. The maximum Gasteiger partial charge on any atom is 0.193 e. The van der Waals surface area contributed by atoms with Crippen molar-refractivity contribution in [3.05, 3.63) is 82.6 Å². The van der Waals surface area contributed by atoms with Gasteiger partial charge in [0, 0.05) is 11.1 Å². The summed E-state index contributed by atoms with van der Waals surface area (Å²) >= 11 is 1.67. The molecular formula is C17H12OS. The highest BCUT2D eigenvalue weighted by molar-refractivity contribution is 7.08. The Balaban J connectivity index is 1.89. The van der Waals surface area contributed by atoms with Gasteiger partial charge in [-0.25, -0.2) is 0 Å². The molecule has 0 fully saturated rings. The van der Waals surface area contributed by atoms with E-state index in [0.717, 1.165) is 16.7 Å². The van der Waals surface area contributed by atoms with Gasteiger partial charge in [-0.05, 0) is 28.0 Å². The lowest BCUT2D eigenvalue weighted by Crippen LogP contribution is -2.00. The number of rotatable bonds is 3. The number of hydrogen-bond acceptors (Lipinski definition) is 2. The molecule has 0 bridgehead atoms. The maximum atomic E-state index is 12.2. The molecule has 0 radical (unpaired) electrons. The first-order valence-corrected chi connectivity index (χ1v) is 7.01. The van der Waals surface area contributed by atoms with Gasteiger partial charge in [0.25, 0.3) is 0 Å². The molecule has 19 heavy (non-hydrogen) atoms. The summed E-state index contributed by atoms with van der Waals surface area (Å²) in [6, 6.07) is 19.2. The minimum atomic E-state index is 0.0671. The molecule has 0 aliphatic rings. The lowest BCUT2D eigenvalue weighted by molar-refractivity contribution is 0.103. The fourth-order valence-electron chi connectivity index (χ4n) is 2.00. The number of carbonyl (C=O) groups is 1. The van der Waals surface area contributed by atoms with Crippen LogP contribution in [0.5, 0.6) is 0 Å². The summed E-state index contributed by atoms with van der Waals surface area (Å²) < 4.78 is 0. The van der Waals surface area contributed by atoms with Crippen LogP contribution in [-0.2, 0) is 0 Å². The standard InChI is InChI=1S/C17H12OS/c18-17(14-4-2-1-3-5-14)15-8-6-13(7-9-15)16-10-11-19-12-16/h1-12H. The van der Waals surface area contributed by atoms with Gasteiger partial charge in [0.15, 0.2) is 5.78 Å². The van der Waals surface area contributed by atoms with Crippen LogP contribution in [0.3, 0.4) is 0 Å². The summed E-state index contributed by atoms with van der Waals surface area (Å²) in [5.41, 5.74) is 3.80. The molecule has 1 heterocycles. The van der Waals surface area contributed by atoms with E-state index >= 15 is 0 Å². The van der Waals surface area contributed by atoms with E-state index in [1.165, 1.54) is 5.56 Å². The molecule has 3 rings (SSSR count). The van der Waals surface area contributed by atoms with Crippen LogP contribution < -0.4 is 0 Å². The predicted molar refractivity (Wildman–Crippen MR) is 79.6 cm³/mol. The smallest absolute Gasteiger partial charge is 0.193 e. The summed E-state index contributed by atoms with van der Waals surface area (Å²) in [5, 5.41) is 4.16. The topological polar surface area (TPSA) is 17.1 Å². The van der Waals surface area contributed by atoms with Crippen LogP contribution in [0.2, 0.25) is 0 Å². The molecule has 2 aromatic carbocycles. The first kappa shape index (κ1) is 11.9. The van der Waals surface area contributed by atoms with Gasteiger partial charge in [-0.3, -0.25) is 4.79 Å². The zero-order valence-corrected chi connectivity index (χ0v) is 11.1. The van der Waals surface area contributed by atoms with Gasteiger partial charge in [-0.2, -0.15) is 11.3 Å².